The third kappa shape index (κ3) is 2.49. The van der Waals surface area contributed by atoms with E-state index < -0.39 is 0 Å². The highest BCUT2D eigenvalue weighted by Gasteiger charge is 2.22. The topological polar surface area (TPSA) is 34.0 Å². The summed E-state index contributed by atoms with van der Waals surface area (Å²) in [5, 5.41) is 4.53. The number of nitrogens with zero attached hydrogens (tertiary/aromatic N) is 4. The van der Waals surface area contributed by atoms with Crippen LogP contribution in [0, 0.1) is 0 Å². The van der Waals surface area contributed by atoms with E-state index in [1.54, 1.807) is 6.33 Å². The van der Waals surface area contributed by atoms with Gasteiger partial charge in [0, 0.05) is 24.5 Å². The molecule has 0 spiro atoms. The second-order valence-corrected chi connectivity index (χ2v) is 4.95. The van der Waals surface area contributed by atoms with Crippen LogP contribution in [-0.2, 0) is 6.54 Å². The lowest BCUT2D eigenvalue weighted by Gasteiger charge is -2.16. The summed E-state index contributed by atoms with van der Waals surface area (Å²) in [6.07, 6.45) is 2.71. The number of aromatic nitrogens is 3. The first kappa shape index (κ1) is 10.9. The Morgan fingerprint density at radius 1 is 1.60 bits per heavy atom. The summed E-state index contributed by atoms with van der Waals surface area (Å²) in [6, 6.07) is 0.372. The molecule has 84 valence electrons. The first-order valence-corrected chi connectivity index (χ1v) is 5.85. The molecule has 0 aliphatic carbocycles. The van der Waals surface area contributed by atoms with Crippen molar-refractivity contribution in [3.63, 3.8) is 0 Å². The third-order valence-electron chi connectivity index (χ3n) is 2.72. The maximum atomic E-state index is 6.06. The van der Waals surface area contributed by atoms with Crippen molar-refractivity contribution < 1.29 is 0 Å². The SMILES string of the molecule is CC(C)n1ncnc1CN1CCC(Cl)C1. The molecule has 0 radical (unpaired) electrons. The Hall–Kier alpha value is -0.610. The zero-order valence-corrected chi connectivity index (χ0v) is 9.98. The molecule has 2 rings (SSSR count). The average Bonchev–Trinajstić information content (AvgIpc) is 2.75. The van der Waals surface area contributed by atoms with E-state index >= 15 is 0 Å². The first-order chi connectivity index (χ1) is 7.16. The van der Waals surface area contributed by atoms with Crippen molar-refractivity contribution in [1.82, 2.24) is 19.7 Å². The van der Waals surface area contributed by atoms with Crippen LogP contribution >= 0.6 is 11.6 Å². The fraction of sp³-hybridized carbons (Fsp3) is 0.800. The fourth-order valence-electron chi connectivity index (χ4n) is 1.95. The standard InChI is InChI=1S/C10H17ClN4/c1-8(2)15-10(12-7-13-15)6-14-4-3-9(11)5-14/h7-9H,3-6H2,1-2H3. The van der Waals surface area contributed by atoms with Crippen LogP contribution in [0.2, 0.25) is 0 Å². The maximum absolute atomic E-state index is 6.06. The summed E-state index contributed by atoms with van der Waals surface area (Å²) in [4.78, 5) is 6.63. The number of likely N-dealkylation sites (tertiary alicyclic amines) is 1. The normalized spacial score (nSPS) is 22.8. The van der Waals surface area contributed by atoms with Crippen molar-refractivity contribution in [2.45, 2.75) is 38.2 Å². The van der Waals surface area contributed by atoms with E-state index in [4.69, 9.17) is 11.6 Å². The van der Waals surface area contributed by atoms with Crippen LogP contribution in [0.4, 0.5) is 0 Å². The predicted molar refractivity (Wildman–Crippen MR) is 59.9 cm³/mol. The number of halogens is 1. The monoisotopic (exact) mass is 228 g/mol. The number of hydrogen-bond acceptors (Lipinski definition) is 3. The van der Waals surface area contributed by atoms with E-state index in [0.717, 1.165) is 31.9 Å². The van der Waals surface area contributed by atoms with E-state index in [-0.39, 0.29) is 0 Å². The van der Waals surface area contributed by atoms with Gasteiger partial charge in [-0.1, -0.05) is 0 Å². The molecule has 5 heteroatoms. The van der Waals surface area contributed by atoms with Gasteiger partial charge >= 0.3 is 0 Å². The number of hydrogen-bond donors (Lipinski definition) is 0. The van der Waals surface area contributed by atoms with Crippen LogP contribution in [0.1, 0.15) is 32.1 Å². The zero-order chi connectivity index (χ0) is 10.8. The van der Waals surface area contributed by atoms with Gasteiger partial charge in [-0.15, -0.1) is 11.6 Å². The van der Waals surface area contributed by atoms with E-state index in [2.05, 4.69) is 28.8 Å². The van der Waals surface area contributed by atoms with Gasteiger partial charge in [0.1, 0.15) is 12.2 Å². The molecular weight excluding hydrogens is 212 g/mol. The van der Waals surface area contributed by atoms with E-state index in [0.29, 0.717) is 11.4 Å². The summed E-state index contributed by atoms with van der Waals surface area (Å²) in [5.74, 6) is 1.04. The zero-order valence-electron chi connectivity index (χ0n) is 9.23. The van der Waals surface area contributed by atoms with Gasteiger partial charge in [-0.2, -0.15) is 5.10 Å². The second-order valence-electron chi connectivity index (χ2n) is 4.34. The lowest BCUT2D eigenvalue weighted by atomic mass is 10.4. The Balaban J connectivity index is 2.01. The minimum absolute atomic E-state index is 0.306. The molecule has 1 fully saturated rings. The molecule has 1 aromatic rings. The van der Waals surface area contributed by atoms with Crippen LogP contribution in [0.15, 0.2) is 6.33 Å². The van der Waals surface area contributed by atoms with Gasteiger partial charge < -0.3 is 0 Å². The van der Waals surface area contributed by atoms with Gasteiger partial charge in [-0.05, 0) is 20.3 Å². The van der Waals surface area contributed by atoms with E-state index in [1.807, 2.05) is 4.68 Å². The highest BCUT2D eigenvalue weighted by Crippen LogP contribution is 2.17. The summed E-state index contributed by atoms with van der Waals surface area (Å²) in [7, 11) is 0. The van der Waals surface area contributed by atoms with Gasteiger partial charge in [-0.3, -0.25) is 4.90 Å². The quantitative estimate of drug-likeness (QED) is 0.739. The molecule has 1 aromatic heterocycles. The maximum Gasteiger partial charge on any atom is 0.141 e. The lowest BCUT2D eigenvalue weighted by Crippen LogP contribution is -2.23. The molecule has 1 aliphatic rings. The van der Waals surface area contributed by atoms with Crippen LogP contribution in [0.25, 0.3) is 0 Å². The van der Waals surface area contributed by atoms with Crippen molar-refractivity contribution in [3.05, 3.63) is 12.2 Å². The molecule has 1 atom stereocenters. The molecule has 0 bridgehead atoms. The summed E-state index contributed by atoms with van der Waals surface area (Å²) >= 11 is 6.06. The van der Waals surface area contributed by atoms with Crippen LogP contribution in [-0.4, -0.2) is 38.1 Å². The average molecular weight is 229 g/mol. The predicted octanol–water partition coefficient (Wildman–Crippen LogP) is 1.67. The molecule has 1 saturated heterocycles. The molecule has 1 aliphatic heterocycles. The van der Waals surface area contributed by atoms with Gasteiger partial charge in [0.05, 0.1) is 6.54 Å². The molecule has 2 heterocycles. The molecule has 15 heavy (non-hydrogen) atoms. The minimum atomic E-state index is 0.306. The van der Waals surface area contributed by atoms with Gasteiger partial charge in [-0.25, -0.2) is 9.67 Å². The van der Waals surface area contributed by atoms with Crippen molar-refractivity contribution in [2.75, 3.05) is 13.1 Å². The van der Waals surface area contributed by atoms with Crippen molar-refractivity contribution in [3.8, 4) is 0 Å². The lowest BCUT2D eigenvalue weighted by molar-refractivity contribution is 0.309. The van der Waals surface area contributed by atoms with Crippen molar-refractivity contribution in [1.29, 1.82) is 0 Å². The van der Waals surface area contributed by atoms with Crippen molar-refractivity contribution >= 4 is 11.6 Å². The van der Waals surface area contributed by atoms with Crippen molar-refractivity contribution in [2.24, 2.45) is 0 Å². The smallest absolute Gasteiger partial charge is 0.141 e. The Morgan fingerprint density at radius 2 is 2.40 bits per heavy atom. The fourth-order valence-corrected chi connectivity index (χ4v) is 2.24. The summed E-state index contributed by atoms with van der Waals surface area (Å²) in [5.41, 5.74) is 0. The third-order valence-corrected chi connectivity index (χ3v) is 3.07. The minimum Gasteiger partial charge on any atom is -0.294 e. The van der Waals surface area contributed by atoms with E-state index in [1.165, 1.54) is 0 Å². The second kappa shape index (κ2) is 4.49. The van der Waals surface area contributed by atoms with Crippen LogP contribution < -0.4 is 0 Å². The molecular formula is C10H17ClN4. The highest BCUT2D eigenvalue weighted by atomic mass is 35.5. The van der Waals surface area contributed by atoms with E-state index in [9.17, 15) is 0 Å². The molecule has 0 saturated carbocycles. The first-order valence-electron chi connectivity index (χ1n) is 5.41. The Labute approximate surface area is 95.2 Å². The summed E-state index contributed by atoms with van der Waals surface area (Å²) < 4.78 is 1.97. The van der Waals surface area contributed by atoms with Gasteiger partial charge in [0.2, 0.25) is 0 Å². The number of alkyl halides is 1. The van der Waals surface area contributed by atoms with Gasteiger partial charge in [0.15, 0.2) is 0 Å². The Kier molecular flexibility index (Phi) is 3.26. The Morgan fingerprint density at radius 3 is 3.00 bits per heavy atom. The molecule has 4 nitrogen and oxygen atoms in total. The largest absolute Gasteiger partial charge is 0.294 e. The molecule has 0 aromatic carbocycles. The molecule has 0 N–H and O–H groups in total. The Bertz CT molecular complexity index is 323. The molecule has 0 amide bonds. The van der Waals surface area contributed by atoms with Crippen LogP contribution in [0.5, 0.6) is 0 Å². The van der Waals surface area contributed by atoms with Gasteiger partial charge in [0.25, 0.3) is 0 Å². The van der Waals surface area contributed by atoms with Crippen LogP contribution in [0.3, 0.4) is 0 Å². The number of rotatable bonds is 3. The summed E-state index contributed by atoms with van der Waals surface area (Å²) in [6.45, 7) is 7.13. The highest BCUT2D eigenvalue weighted by molar-refractivity contribution is 6.20. The molecule has 1 unspecified atom stereocenters.